The Bertz CT molecular complexity index is 580. The van der Waals surface area contributed by atoms with Gasteiger partial charge in [-0.15, -0.1) is 0 Å². The van der Waals surface area contributed by atoms with Crippen LogP contribution in [0.4, 0.5) is 5.69 Å². The number of hydrogen-bond donors (Lipinski definition) is 1. The fraction of sp³-hybridized carbons (Fsp3) is 0.357. The van der Waals surface area contributed by atoms with E-state index in [0.717, 1.165) is 17.1 Å². The number of nitrogens with one attached hydrogen (secondary N) is 1. The molecule has 2 heterocycles. The molecular formula is C14H15N3O2. The maximum Gasteiger partial charge on any atom is 0.249 e. The van der Waals surface area contributed by atoms with Crippen LogP contribution in [-0.4, -0.2) is 28.6 Å². The van der Waals surface area contributed by atoms with Crippen molar-refractivity contribution in [1.82, 2.24) is 10.2 Å². The molecule has 3 rings (SSSR count). The highest BCUT2D eigenvalue weighted by molar-refractivity contribution is 6.02. The van der Waals surface area contributed by atoms with E-state index in [1.54, 1.807) is 0 Å². The van der Waals surface area contributed by atoms with Crippen LogP contribution in [-0.2, 0) is 16.1 Å². The molecule has 1 atom stereocenters. The molecule has 0 aromatic heterocycles. The zero-order chi connectivity index (χ0) is 13.4. The fourth-order valence-electron chi connectivity index (χ4n) is 2.61. The second kappa shape index (κ2) is 4.50. The standard InChI is InChI=1S/C14H15N3O2/c1-9-15-11-5-3-2-4-10(11)8-17(9)12-6-7-13(18)16-14(12)19/h2-5,12H,6-8H2,1H3,(H,16,18,19). The predicted molar refractivity (Wildman–Crippen MR) is 70.9 cm³/mol. The van der Waals surface area contributed by atoms with Gasteiger partial charge < -0.3 is 4.90 Å². The summed E-state index contributed by atoms with van der Waals surface area (Å²) >= 11 is 0. The first-order valence-corrected chi connectivity index (χ1v) is 6.38. The molecule has 1 saturated heterocycles. The highest BCUT2D eigenvalue weighted by Gasteiger charge is 2.33. The van der Waals surface area contributed by atoms with Crippen molar-refractivity contribution in [3.63, 3.8) is 0 Å². The molecule has 0 radical (unpaired) electrons. The number of imide groups is 1. The van der Waals surface area contributed by atoms with Gasteiger partial charge >= 0.3 is 0 Å². The Labute approximate surface area is 111 Å². The lowest BCUT2D eigenvalue weighted by atomic mass is 10.0. The maximum atomic E-state index is 11.9. The van der Waals surface area contributed by atoms with E-state index >= 15 is 0 Å². The smallest absolute Gasteiger partial charge is 0.249 e. The molecule has 98 valence electrons. The van der Waals surface area contributed by atoms with Gasteiger partial charge in [-0.05, 0) is 25.0 Å². The summed E-state index contributed by atoms with van der Waals surface area (Å²) in [6.45, 7) is 2.57. The van der Waals surface area contributed by atoms with Crippen LogP contribution in [0.1, 0.15) is 25.3 Å². The number of nitrogens with zero attached hydrogens (tertiary/aromatic N) is 2. The Morgan fingerprint density at radius 3 is 2.89 bits per heavy atom. The average Bonchev–Trinajstić information content (AvgIpc) is 2.38. The molecule has 1 unspecified atom stereocenters. The number of piperidine rings is 1. The largest absolute Gasteiger partial charge is 0.344 e. The van der Waals surface area contributed by atoms with Crippen molar-refractivity contribution in [2.45, 2.75) is 32.4 Å². The van der Waals surface area contributed by atoms with Gasteiger partial charge in [0.1, 0.15) is 11.9 Å². The number of rotatable bonds is 1. The number of hydrogen-bond acceptors (Lipinski definition) is 4. The van der Waals surface area contributed by atoms with Crippen molar-refractivity contribution in [3.05, 3.63) is 29.8 Å². The molecule has 0 aliphatic carbocycles. The summed E-state index contributed by atoms with van der Waals surface area (Å²) in [6.07, 6.45) is 0.946. The maximum absolute atomic E-state index is 11.9. The number of para-hydroxylation sites is 1. The fourth-order valence-corrected chi connectivity index (χ4v) is 2.61. The van der Waals surface area contributed by atoms with E-state index in [9.17, 15) is 9.59 Å². The van der Waals surface area contributed by atoms with Crippen LogP contribution in [0.25, 0.3) is 0 Å². The number of aliphatic imine (C=N–C) groups is 1. The number of carbonyl (C=O) groups is 2. The van der Waals surface area contributed by atoms with E-state index in [-0.39, 0.29) is 17.9 Å². The van der Waals surface area contributed by atoms with Gasteiger partial charge in [0.25, 0.3) is 0 Å². The van der Waals surface area contributed by atoms with Gasteiger partial charge in [-0.2, -0.15) is 0 Å². The molecular weight excluding hydrogens is 242 g/mol. The Kier molecular flexibility index (Phi) is 2.81. The van der Waals surface area contributed by atoms with Gasteiger partial charge in [-0.1, -0.05) is 18.2 Å². The van der Waals surface area contributed by atoms with Crippen LogP contribution >= 0.6 is 0 Å². The van der Waals surface area contributed by atoms with Crippen LogP contribution in [0.3, 0.4) is 0 Å². The molecule has 19 heavy (non-hydrogen) atoms. The molecule has 2 aliphatic heterocycles. The lowest BCUT2D eigenvalue weighted by Gasteiger charge is -2.36. The summed E-state index contributed by atoms with van der Waals surface area (Å²) in [6, 6.07) is 7.62. The molecule has 0 saturated carbocycles. The Morgan fingerprint density at radius 2 is 2.11 bits per heavy atom. The topological polar surface area (TPSA) is 61.8 Å². The monoisotopic (exact) mass is 257 g/mol. The van der Waals surface area contributed by atoms with Gasteiger partial charge in [0, 0.05) is 13.0 Å². The first-order valence-electron chi connectivity index (χ1n) is 6.38. The normalized spacial score (nSPS) is 22.7. The summed E-state index contributed by atoms with van der Waals surface area (Å²) in [5.74, 6) is 0.423. The van der Waals surface area contributed by atoms with Gasteiger partial charge in [0.05, 0.1) is 5.69 Å². The third-order valence-electron chi connectivity index (χ3n) is 3.62. The summed E-state index contributed by atoms with van der Waals surface area (Å²) in [5, 5.41) is 2.40. The van der Waals surface area contributed by atoms with E-state index in [4.69, 9.17) is 0 Å². The lowest BCUT2D eigenvalue weighted by Crippen LogP contribution is -2.54. The number of amides is 2. The quantitative estimate of drug-likeness (QED) is 0.773. The Balaban J connectivity index is 1.88. The summed E-state index contributed by atoms with van der Waals surface area (Å²) in [4.78, 5) is 29.6. The Morgan fingerprint density at radius 1 is 1.32 bits per heavy atom. The summed E-state index contributed by atoms with van der Waals surface area (Å²) in [7, 11) is 0. The van der Waals surface area contributed by atoms with E-state index in [0.29, 0.717) is 19.4 Å². The predicted octanol–water partition coefficient (Wildman–Crippen LogP) is 1.36. The highest BCUT2D eigenvalue weighted by atomic mass is 16.2. The van der Waals surface area contributed by atoms with Crippen molar-refractivity contribution in [3.8, 4) is 0 Å². The molecule has 0 spiro atoms. The van der Waals surface area contributed by atoms with Crippen LogP contribution in [0.2, 0.25) is 0 Å². The molecule has 2 aliphatic rings. The van der Waals surface area contributed by atoms with Crippen molar-refractivity contribution >= 4 is 23.3 Å². The van der Waals surface area contributed by atoms with E-state index in [2.05, 4.69) is 10.3 Å². The minimum Gasteiger partial charge on any atom is -0.344 e. The first-order chi connectivity index (χ1) is 9.15. The van der Waals surface area contributed by atoms with Crippen molar-refractivity contribution in [2.75, 3.05) is 0 Å². The molecule has 1 aromatic rings. The van der Waals surface area contributed by atoms with Gasteiger partial charge in [-0.25, -0.2) is 4.99 Å². The summed E-state index contributed by atoms with van der Waals surface area (Å²) < 4.78 is 0. The molecule has 1 N–H and O–H groups in total. The van der Waals surface area contributed by atoms with Crippen LogP contribution in [0.5, 0.6) is 0 Å². The molecule has 5 heteroatoms. The molecule has 2 amide bonds. The zero-order valence-corrected chi connectivity index (χ0v) is 10.7. The SMILES string of the molecule is CC1=Nc2ccccc2CN1C1CCC(=O)NC1=O. The molecule has 5 nitrogen and oxygen atoms in total. The molecule has 1 aromatic carbocycles. The number of fused-ring (bicyclic) bond motifs is 1. The van der Waals surface area contributed by atoms with Crippen molar-refractivity contribution in [1.29, 1.82) is 0 Å². The second-order valence-electron chi connectivity index (χ2n) is 4.88. The van der Waals surface area contributed by atoms with Crippen LogP contribution in [0, 0.1) is 0 Å². The average molecular weight is 257 g/mol. The number of benzene rings is 1. The van der Waals surface area contributed by atoms with E-state index < -0.39 is 0 Å². The molecule has 1 fully saturated rings. The number of amidine groups is 1. The minimum atomic E-state index is -0.296. The molecule has 0 bridgehead atoms. The summed E-state index contributed by atoms with van der Waals surface area (Å²) in [5.41, 5.74) is 2.07. The lowest BCUT2D eigenvalue weighted by molar-refractivity contribution is -0.136. The van der Waals surface area contributed by atoms with Crippen molar-refractivity contribution in [2.24, 2.45) is 4.99 Å². The highest BCUT2D eigenvalue weighted by Crippen LogP contribution is 2.28. The van der Waals surface area contributed by atoms with Gasteiger partial charge in [0.15, 0.2) is 0 Å². The third-order valence-corrected chi connectivity index (χ3v) is 3.62. The van der Waals surface area contributed by atoms with E-state index in [1.807, 2.05) is 36.1 Å². The van der Waals surface area contributed by atoms with Crippen molar-refractivity contribution < 1.29 is 9.59 Å². The van der Waals surface area contributed by atoms with Gasteiger partial charge in [0.2, 0.25) is 11.8 Å². The van der Waals surface area contributed by atoms with E-state index in [1.165, 1.54) is 0 Å². The number of carbonyl (C=O) groups excluding carboxylic acids is 2. The second-order valence-corrected chi connectivity index (χ2v) is 4.88. The first kappa shape index (κ1) is 11.9. The van der Waals surface area contributed by atoms with Gasteiger partial charge in [-0.3, -0.25) is 14.9 Å². The van der Waals surface area contributed by atoms with Crippen LogP contribution in [0.15, 0.2) is 29.3 Å². The minimum absolute atomic E-state index is 0.187. The van der Waals surface area contributed by atoms with Crippen LogP contribution < -0.4 is 5.32 Å². The third kappa shape index (κ3) is 2.12. The Hall–Kier alpha value is -2.17. The zero-order valence-electron chi connectivity index (χ0n) is 10.7.